The van der Waals surface area contributed by atoms with E-state index in [4.69, 9.17) is 14.8 Å². The van der Waals surface area contributed by atoms with Crippen LogP contribution in [-0.2, 0) is 10.8 Å². The molecule has 1 aliphatic carbocycles. The van der Waals surface area contributed by atoms with Gasteiger partial charge in [0.15, 0.2) is 0 Å². The Balaban J connectivity index is 1.36. The van der Waals surface area contributed by atoms with Crippen molar-refractivity contribution in [1.82, 2.24) is 19.3 Å². The molecule has 0 N–H and O–H groups in total. The van der Waals surface area contributed by atoms with E-state index in [0.29, 0.717) is 23.7 Å². The third-order valence-corrected chi connectivity index (χ3v) is 11.0. The Morgan fingerprint density at radius 3 is 2.21 bits per heavy atom. The van der Waals surface area contributed by atoms with Gasteiger partial charge in [0.1, 0.15) is 17.3 Å². The van der Waals surface area contributed by atoms with Crippen molar-refractivity contribution in [3.63, 3.8) is 0 Å². The van der Waals surface area contributed by atoms with Crippen LogP contribution in [0.4, 0.5) is 0 Å². The standard InChI is InChI=1S/C47H56N4O/c1-28(2)33-23-35(51-45(47(10,11)12)44(32(6)49-51)43-30(4)21-29(3)22-31(43)5)26-37(24-33)52-36-17-18-39-38-15-13-14-16-40(38)50(41(39)27-36)42-25-34(19-20-48-42)46(7,8)9/h13-21,23-29,31,43H,22H2,1-12H3/t29-,31-,43?/m0/s1. The fraction of sp³-hybridized carbons (Fsp3) is 0.404. The van der Waals surface area contributed by atoms with Gasteiger partial charge in [0, 0.05) is 46.0 Å². The minimum atomic E-state index is -0.120. The van der Waals surface area contributed by atoms with E-state index in [2.05, 4.69) is 171 Å². The number of allylic oxidation sites excluding steroid dienone is 2. The molecule has 0 spiro atoms. The number of aromatic nitrogens is 4. The number of hydrogen-bond donors (Lipinski definition) is 0. The molecular formula is C47H56N4O. The van der Waals surface area contributed by atoms with E-state index < -0.39 is 0 Å². The number of para-hydroxylation sites is 1. The van der Waals surface area contributed by atoms with Gasteiger partial charge in [-0.1, -0.05) is 99.1 Å². The third-order valence-electron chi connectivity index (χ3n) is 11.0. The summed E-state index contributed by atoms with van der Waals surface area (Å²) in [5.74, 6) is 4.33. The van der Waals surface area contributed by atoms with E-state index in [1.807, 2.05) is 6.20 Å². The first-order valence-electron chi connectivity index (χ1n) is 19.1. The Labute approximate surface area is 310 Å². The maximum absolute atomic E-state index is 6.85. The van der Waals surface area contributed by atoms with E-state index in [0.717, 1.165) is 39.7 Å². The molecule has 5 nitrogen and oxygen atoms in total. The number of benzene rings is 3. The van der Waals surface area contributed by atoms with Gasteiger partial charge >= 0.3 is 0 Å². The van der Waals surface area contributed by atoms with Crippen molar-refractivity contribution in [3.05, 3.63) is 119 Å². The molecule has 1 unspecified atom stereocenters. The molecule has 3 aromatic heterocycles. The molecule has 3 heterocycles. The Kier molecular flexibility index (Phi) is 9.00. The third kappa shape index (κ3) is 6.48. The molecule has 0 fully saturated rings. The first-order chi connectivity index (χ1) is 24.5. The molecule has 0 bridgehead atoms. The molecular weight excluding hydrogens is 637 g/mol. The second-order valence-corrected chi connectivity index (χ2v) is 17.8. The highest BCUT2D eigenvalue weighted by molar-refractivity contribution is 6.09. The monoisotopic (exact) mass is 692 g/mol. The van der Waals surface area contributed by atoms with E-state index in [1.54, 1.807) is 0 Å². The molecule has 5 heteroatoms. The molecule has 270 valence electrons. The lowest BCUT2D eigenvalue weighted by Crippen LogP contribution is -2.25. The maximum atomic E-state index is 6.85. The van der Waals surface area contributed by atoms with Crippen LogP contribution in [-0.4, -0.2) is 19.3 Å². The molecule has 0 radical (unpaired) electrons. The lowest BCUT2D eigenvalue weighted by atomic mass is 9.70. The summed E-state index contributed by atoms with van der Waals surface area (Å²) < 4.78 is 11.3. The van der Waals surface area contributed by atoms with Crippen molar-refractivity contribution in [3.8, 4) is 23.0 Å². The summed E-state index contributed by atoms with van der Waals surface area (Å²) in [5, 5.41) is 7.69. The largest absolute Gasteiger partial charge is 0.457 e. The first kappa shape index (κ1) is 35.7. The van der Waals surface area contributed by atoms with Crippen molar-refractivity contribution in [2.24, 2.45) is 11.8 Å². The van der Waals surface area contributed by atoms with Gasteiger partial charge in [0.2, 0.25) is 0 Å². The fourth-order valence-electron chi connectivity index (χ4n) is 8.65. The van der Waals surface area contributed by atoms with E-state index in [1.165, 1.54) is 45.2 Å². The second-order valence-electron chi connectivity index (χ2n) is 17.8. The number of ether oxygens (including phenoxy) is 1. The van der Waals surface area contributed by atoms with Crippen LogP contribution >= 0.6 is 0 Å². The molecule has 0 aliphatic heterocycles. The number of aryl methyl sites for hydroxylation is 1. The molecule has 0 amide bonds. The Morgan fingerprint density at radius 1 is 0.788 bits per heavy atom. The van der Waals surface area contributed by atoms with Crippen LogP contribution in [0.2, 0.25) is 0 Å². The highest BCUT2D eigenvalue weighted by Crippen LogP contribution is 2.46. The minimum absolute atomic E-state index is 0.00729. The average Bonchev–Trinajstić information content (AvgIpc) is 3.58. The summed E-state index contributed by atoms with van der Waals surface area (Å²) in [6, 6.07) is 26.0. The van der Waals surface area contributed by atoms with Gasteiger partial charge in [-0.15, -0.1) is 0 Å². The van der Waals surface area contributed by atoms with Crippen molar-refractivity contribution >= 4 is 21.8 Å². The number of hydrogen-bond acceptors (Lipinski definition) is 3. The maximum Gasteiger partial charge on any atom is 0.137 e. The number of pyridine rings is 1. The van der Waals surface area contributed by atoms with E-state index >= 15 is 0 Å². The highest BCUT2D eigenvalue weighted by atomic mass is 16.5. The van der Waals surface area contributed by atoms with Gasteiger partial charge in [-0.25, -0.2) is 9.67 Å². The van der Waals surface area contributed by atoms with E-state index in [9.17, 15) is 0 Å². The SMILES string of the molecule is CC1=C[C@H](C)C[C@H](C)C1c1c(C)nn(-c2cc(Oc3ccc4c5ccccc5n(-c5cc(C(C)(C)C)ccn5)c4c3)cc(C(C)C)c2)c1C(C)(C)C. The minimum Gasteiger partial charge on any atom is -0.457 e. The molecule has 3 atom stereocenters. The van der Waals surface area contributed by atoms with Gasteiger partial charge in [-0.05, 0) is 97.0 Å². The molecule has 0 saturated heterocycles. The van der Waals surface area contributed by atoms with Gasteiger partial charge in [-0.3, -0.25) is 4.57 Å². The van der Waals surface area contributed by atoms with Gasteiger partial charge < -0.3 is 4.74 Å². The summed E-state index contributed by atoms with van der Waals surface area (Å²) in [4.78, 5) is 4.88. The zero-order chi connectivity index (χ0) is 37.3. The summed E-state index contributed by atoms with van der Waals surface area (Å²) in [6.07, 6.45) is 5.60. The van der Waals surface area contributed by atoms with Crippen LogP contribution in [0.15, 0.2) is 90.6 Å². The Hall–Kier alpha value is -4.64. The van der Waals surface area contributed by atoms with Crippen LogP contribution in [0.5, 0.6) is 11.5 Å². The van der Waals surface area contributed by atoms with Gasteiger partial charge in [0.05, 0.1) is 28.1 Å². The quantitative estimate of drug-likeness (QED) is 0.163. The molecule has 1 aliphatic rings. The number of rotatable bonds is 6. The Bertz CT molecular complexity index is 2320. The molecule has 7 rings (SSSR count). The van der Waals surface area contributed by atoms with Crippen molar-refractivity contribution in [1.29, 1.82) is 0 Å². The molecule has 52 heavy (non-hydrogen) atoms. The van der Waals surface area contributed by atoms with Crippen LogP contribution in [0.3, 0.4) is 0 Å². The van der Waals surface area contributed by atoms with Crippen LogP contribution in [0, 0.1) is 18.8 Å². The summed E-state index contributed by atoms with van der Waals surface area (Å²) in [5.41, 5.74) is 10.8. The van der Waals surface area contributed by atoms with Crippen molar-refractivity contribution < 1.29 is 4.74 Å². The van der Waals surface area contributed by atoms with E-state index in [-0.39, 0.29) is 10.8 Å². The summed E-state index contributed by atoms with van der Waals surface area (Å²) >= 11 is 0. The zero-order valence-corrected chi connectivity index (χ0v) is 33.3. The summed E-state index contributed by atoms with van der Waals surface area (Å²) in [7, 11) is 0. The molecule has 6 aromatic rings. The lowest BCUT2D eigenvalue weighted by molar-refractivity contribution is 0.385. The Morgan fingerprint density at radius 2 is 1.52 bits per heavy atom. The average molecular weight is 693 g/mol. The van der Waals surface area contributed by atoms with Crippen LogP contribution in [0.25, 0.3) is 33.3 Å². The second kappa shape index (κ2) is 13.1. The predicted octanol–water partition coefficient (Wildman–Crippen LogP) is 12.9. The van der Waals surface area contributed by atoms with Crippen LogP contribution < -0.4 is 4.74 Å². The first-order valence-corrected chi connectivity index (χ1v) is 19.1. The van der Waals surface area contributed by atoms with Gasteiger partial charge in [-0.2, -0.15) is 5.10 Å². The van der Waals surface area contributed by atoms with Crippen LogP contribution in [0.1, 0.15) is 122 Å². The lowest BCUT2D eigenvalue weighted by Gasteiger charge is -2.34. The van der Waals surface area contributed by atoms with Gasteiger partial charge in [0.25, 0.3) is 0 Å². The fourth-order valence-corrected chi connectivity index (χ4v) is 8.65. The predicted molar refractivity (Wildman–Crippen MR) is 218 cm³/mol. The van der Waals surface area contributed by atoms with Crippen molar-refractivity contribution in [2.45, 2.75) is 112 Å². The zero-order valence-electron chi connectivity index (χ0n) is 33.3. The summed E-state index contributed by atoms with van der Waals surface area (Å²) in [6.45, 7) is 27.5. The topological polar surface area (TPSA) is 44.9 Å². The van der Waals surface area contributed by atoms with Crippen molar-refractivity contribution in [2.75, 3.05) is 0 Å². The molecule has 0 saturated carbocycles. The number of nitrogens with zero attached hydrogens (tertiary/aromatic N) is 4. The number of fused-ring (bicyclic) bond motifs is 3. The highest BCUT2D eigenvalue weighted by Gasteiger charge is 2.36. The smallest absolute Gasteiger partial charge is 0.137 e. The molecule has 3 aromatic carbocycles. The normalized spacial score (nSPS) is 18.4.